The Morgan fingerprint density at radius 3 is 2.05 bits per heavy atom. The summed E-state index contributed by atoms with van der Waals surface area (Å²) in [6.07, 6.45) is 2.64. The minimum absolute atomic E-state index is 0.116. The van der Waals surface area contributed by atoms with E-state index < -0.39 is 0 Å². The largest absolute Gasteiger partial charge is 0.379 e. The van der Waals surface area contributed by atoms with Gasteiger partial charge >= 0.3 is 0 Å². The molecule has 19 heavy (non-hydrogen) atoms. The number of hydrogen-bond acceptors (Lipinski definition) is 3. The van der Waals surface area contributed by atoms with Gasteiger partial charge in [0.2, 0.25) is 5.91 Å². The van der Waals surface area contributed by atoms with Crippen LogP contribution in [0.2, 0.25) is 0 Å². The number of rotatable bonds is 12. The van der Waals surface area contributed by atoms with Crippen molar-refractivity contribution < 1.29 is 14.3 Å². The zero-order chi connectivity index (χ0) is 14.5. The van der Waals surface area contributed by atoms with E-state index >= 15 is 0 Å². The molecule has 0 atom stereocenters. The van der Waals surface area contributed by atoms with Crippen LogP contribution in [-0.2, 0) is 14.3 Å². The first kappa shape index (κ1) is 18.4. The van der Waals surface area contributed by atoms with Crippen LogP contribution in [0.25, 0.3) is 0 Å². The number of ether oxygens (including phenoxy) is 2. The maximum Gasteiger partial charge on any atom is 0.220 e. The smallest absolute Gasteiger partial charge is 0.220 e. The van der Waals surface area contributed by atoms with Crippen molar-refractivity contribution in [2.75, 3.05) is 33.0 Å². The maximum absolute atomic E-state index is 11.4. The van der Waals surface area contributed by atoms with Gasteiger partial charge in [0.25, 0.3) is 0 Å². The number of nitrogens with one attached hydrogen (secondary N) is 1. The lowest BCUT2D eigenvalue weighted by Gasteiger charge is -2.08. The van der Waals surface area contributed by atoms with Crippen LogP contribution >= 0.6 is 0 Å². The third-order valence-electron chi connectivity index (χ3n) is 2.73. The normalized spacial score (nSPS) is 11.3. The lowest BCUT2D eigenvalue weighted by atomic mass is 10.1. The summed E-state index contributed by atoms with van der Waals surface area (Å²) >= 11 is 0. The summed E-state index contributed by atoms with van der Waals surface area (Å²) in [5.74, 6) is 1.37. The van der Waals surface area contributed by atoms with Crippen molar-refractivity contribution >= 4 is 5.91 Å². The van der Waals surface area contributed by atoms with Crippen LogP contribution in [0.4, 0.5) is 0 Å². The molecule has 0 aliphatic heterocycles. The van der Waals surface area contributed by atoms with E-state index in [0.29, 0.717) is 44.6 Å². The van der Waals surface area contributed by atoms with E-state index in [4.69, 9.17) is 9.47 Å². The Kier molecular flexibility index (Phi) is 12.0. The molecule has 0 saturated heterocycles. The molecule has 4 nitrogen and oxygen atoms in total. The highest BCUT2D eigenvalue weighted by Gasteiger charge is 2.02. The molecule has 0 unspecified atom stereocenters. The molecule has 1 N–H and O–H groups in total. The standard InChI is InChI=1S/C15H31NO3/c1-13(2)5-6-15(17)16-8-10-19-12-11-18-9-7-14(3)4/h13-14H,5-12H2,1-4H3,(H,16,17). The van der Waals surface area contributed by atoms with Crippen LogP contribution < -0.4 is 5.32 Å². The van der Waals surface area contributed by atoms with Gasteiger partial charge in [0.1, 0.15) is 0 Å². The van der Waals surface area contributed by atoms with Crippen LogP contribution in [0.1, 0.15) is 47.0 Å². The predicted molar refractivity (Wildman–Crippen MR) is 78.2 cm³/mol. The van der Waals surface area contributed by atoms with Crippen molar-refractivity contribution in [3.05, 3.63) is 0 Å². The Hall–Kier alpha value is -0.610. The lowest BCUT2D eigenvalue weighted by molar-refractivity contribution is -0.121. The quantitative estimate of drug-likeness (QED) is 0.556. The molecular weight excluding hydrogens is 242 g/mol. The Morgan fingerprint density at radius 1 is 0.895 bits per heavy atom. The highest BCUT2D eigenvalue weighted by molar-refractivity contribution is 5.75. The highest BCUT2D eigenvalue weighted by atomic mass is 16.5. The molecule has 4 heteroatoms. The van der Waals surface area contributed by atoms with Crippen molar-refractivity contribution in [1.82, 2.24) is 5.32 Å². The minimum atomic E-state index is 0.116. The molecule has 0 fully saturated rings. The molecule has 0 aromatic carbocycles. The molecule has 0 heterocycles. The topological polar surface area (TPSA) is 47.6 Å². The van der Waals surface area contributed by atoms with E-state index in [1.165, 1.54) is 0 Å². The SMILES string of the molecule is CC(C)CCOCCOCCNC(=O)CCC(C)C. The molecule has 0 bridgehead atoms. The molecule has 0 aliphatic carbocycles. The fourth-order valence-electron chi connectivity index (χ4n) is 1.41. The molecule has 0 aromatic rings. The zero-order valence-corrected chi connectivity index (χ0v) is 13.0. The third kappa shape index (κ3) is 15.3. The summed E-state index contributed by atoms with van der Waals surface area (Å²) in [4.78, 5) is 11.4. The average molecular weight is 273 g/mol. The average Bonchev–Trinajstić information content (AvgIpc) is 2.34. The molecule has 0 aliphatic rings. The molecule has 1 amide bonds. The number of hydrogen-bond donors (Lipinski definition) is 1. The van der Waals surface area contributed by atoms with Gasteiger partial charge in [0.05, 0.1) is 19.8 Å². The van der Waals surface area contributed by atoms with Gasteiger partial charge in [-0.15, -0.1) is 0 Å². The van der Waals surface area contributed by atoms with E-state index in [2.05, 4.69) is 33.0 Å². The fraction of sp³-hybridized carbons (Fsp3) is 0.933. The van der Waals surface area contributed by atoms with Crippen molar-refractivity contribution in [1.29, 1.82) is 0 Å². The summed E-state index contributed by atoms with van der Waals surface area (Å²) in [6.45, 7) is 11.8. The van der Waals surface area contributed by atoms with Gasteiger partial charge in [0, 0.05) is 19.6 Å². The number of carbonyl (C=O) groups is 1. The predicted octanol–water partition coefficient (Wildman–Crippen LogP) is 2.62. The van der Waals surface area contributed by atoms with Crippen LogP contribution in [0.15, 0.2) is 0 Å². The molecule has 0 spiro atoms. The van der Waals surface area contributed by atoms with Crippen molar-refractivity contribution in [3.63, 3.8) is 0 Å². The molecule has 0 aromatic heterocycles. The summed E-state index contributed by atoms with van der Waals surface area (Å²) in [6, 6.07) is 0. The minimum Gasteiger partial charge on any atom is -0.379 e. The van der Waals surface area contributed by atoms with Crippen LogP contribution in [0, 0.1) is 11.8 Å². The lowest BCUT2D eigenvalue weighted by Crippen LogP contribution is -2.27. The zero-order valence-electron chi connectivity index (χ0n) is 13.0. The molecule has 0 saturated carbocycles. The van der Waals surface area contributed by atoms with E-state index in [1.807, 2.05) is 0 Å². The van der Waals surface area contributed by atoms with Crippen molar-refractivity contribution in [2.24, 2.45) is 11.8 Å². The Morgan fingerprint density at radius 2 is 1.47 bits per heavy atom. The second-order valence-corrected chi connectivity index (χ2v) is 5.69. The van der Waals surface area contributed by atoms with Crippen molar-refractivity contribution in [2.45, 2.75) is 47.0 Å². The number of carbonyl (C=O) groups excluding carboxylic acids is 1. The van der Waals surface area contributed by atoms with Gasteiger partial charge in [-0.25, -0.2) is 0 Å². The van der Waals surface area contributed by atoms with Gasteiger partial charge in [-0.1, -0.05) is 27.7 Å². The third-order valence-corrected chi connectivity index (χ3v) is 2.73. The van der Waals surface area contributed by atoms with Crippen molar-refractivity contribution in [3.8, 4) is 0 Å². The molecule has 0 rings (SSSR count). The van der Waals surface area contributed by atoms with E-state index in [0.717, 1.165) is 19.4 Å². The first-order valence-electron chi connectivity index (χ1n) is 7.44. The Balaban J connectivity index is 3.16. The molecule has 0 radical (unpaired) electrons. The van der Waals surface area contributed by atoms with E-state index in [-0.39, 0.29) is 5.91 Å². The highest BCUT2D eigenvalue weighted by Crippen LogP contribution is 2.02. The summed E-state index contributed by atoms with van der Waals surface area (Å²) < 4.78 is 10.8. The Labute approximate surface area is 118 Å². The first-order chi connectivity index (χ1) is 9.02. The number of amides is 1. The van der Waals surface area contributed by atoms with E-state index in [1.54, 1.807) is 0 Å². The van der Waals surface area contributed by atoms with E-state index in [9.17, 15) is 4.79 Å². The summed E-state index contributed by atoms with van der Waals surface area (Å²) in [5, 5.41) is 2.85. The van der Waals surface area contributed by atoms with Crippen LogP contribution in [0.3, 0.4) is 0 Å². The van der Waals surface area contributed by atoms with Crippen LogP contribution in [-0.4, -0.2) is 38.9 Å². The summed E-state index contributed by atoms with van der Waals surface area (Å²) in [5.41, 5.74) is 0. The second kappa shape index (κ2) is 12.4. The van der Waals surface area contributed by atoms with Gasteiger partial charge in [-0.2, -0.15) is 0 Å². The molecular formula is C15H31NO3. The van der Waals surface area contributed by atoms with Gasteiger partial charge in [-0.3, -0.25) is 4.79 Å². The maximum atomic E-state index is 11.4. The van der Waals surface area contributed by atoms with Gasteiger partial charge in [-0.05, 0) is 24.7 Å². The fourth-order valence-corrected chi connectivity index (χ4v) is 1.41. The summed E-state index contributed by atoms with van der Waals surface area (Å²) in [7, 11) is 0. The van der Waals surface area contributed by atoms with Gasteiger partial charge in [0.15, 0.2) is 0 Å². The van der Waals surface area contributed by atoms with Gasteiger partial charge < -0.3 is 14.8 Å². The second-order valence-electron chi connectivity index (χ2n) is 5.69. The molecule has 114 valence electrons. The van der Waals surface area contributed by atoms with Crippen LogP contribution in [0.5, 0.6) is 0 Å². The Bertz CT molecular complexity index is 217. The first-order valence-corrected chi connectivity index (χ1v) is 7.44. The monoisotopic (exact) mass is 273 g/mol.